The van der Waals surface area contributed by atoms with Gasteiger partial charge >= 0.3 is 87.9 Å². The maximum atomic E-state index is 9.56. The van der Waals surface area contributed by atoms with Crippen LogP contribution in [0, 0.1) is 0 Å². The summed E-state index contributed by atoms with van der Waals surface area (Å²) in [7, 11) is 1.56. The molecule has 1 fully saturated rings. The van der Waals surface area contributed by atoms with E-state index in [9.17, 15) is 10.2 Å². The van der Waals surface area contributed by atoms with Crippen molar-refractivity contribution < 1.29 is 45.8 Å². The van der Waals surface area contributed by atoms with Crippen LogP contribution in [0.2, 0.25) is 3.43 Å². The Kier molecular flexibility index (Phi) is 3.91. The van der Waals surface area contributed by atoms with Crippen molar-refractivity contribution in [2.45, 2.75) is 35.0 Å². The van der Waals surface area contributed by atoms with Gasteiger partial charge in [0.15, 0.2) is 0 Å². The third-order valence-electron chi connectivity index (χ3n) is 2.20. The molecule has 12 heavy (non-hydrogen) atoms. The van der Waals surface area contributed by atoms with Crippen molar-refractivity contribution in [2.24, 2.45) is 0 Å². The first-order valence-corrected chi connectivity index (χ1v) is 7.12. The van der Waals surface area contributed by atoms with Gasteiger partial charge in [-0.2, -0.15) is 0 Å². The molecule has 0 amide bonds. The van der Waals surface area contributed by atoms with Crippen molar-refractivity contribution in [3.05, 3.63) is 0 Å². The predicted molar refractivity (Wildman–Crippen MR) is 37.1 cm³/mol. The molecule has 2 N–H and O–H groups in total. The zero-order valence-electron chi connectivity index (χ0n) is 7.30. The fraction of sp³-hybridized carbons (Fsp3) is 1.00. The van der Waals surface area contributed by atoms with Crippen LogP contribution in [0.3, 0.4) is 0 Å². The first-order chi connectivity index (χ1) is 5.57. The molecule has 0 spiro atoms. The molecule has 0 bridgehead atoms. The van der Waals surface area contributed by atoms with E-state index in [1.807, 2.05) is 0 Å². The molecule has 1 aliphatic heterocycles. The van der Waals surface area contributed by atoms with Gasteiger partial charge in [-0.1, -0.05) is 0 Å². The quantitative estimate of drug-likeness (QED) is 0.615. The Bertz CT molecular complexity index is 150. The first-order valence-electron chi connectivity index (χ1n) is 3.95. The summed E-state index contributed by atoms with van der Waals surface area (Å²) in [6.07, 6.45) is -2.12. The first kappa shape index (κ1) is 10.9. The topological polar surface area (TPSA) is 58.9 Å². The summed E-state index contributed by atoms with van der Waals surface area (Å²) >= 11 is 0.331. The Morgan fingerprint density at radius 3 is 2.42 bits per heavy atom. The van der Waals surface area contributed by atoms with Crippen LogP contribution in [0.25, 0.3) is 0 Å². The van der Waals surface area contributed by atoms with E-state index in [2.05, 4.69) is 0 Å². The van der Waals surface area contributed by atoms with Crippen LogP contribution in [0.4, 0.5) is 0 Å². The van der Waals surface area contributed by atoms with Gasteiger partial charge in [0, 0.05) is 0 Å². The molecule has 1 saturated heterocycles. The van der Waals surface area contributed by atoms with E-state index in [-0.39, 0.29) is 15.8 Å². The fourth-order valence-corrected chi connectivity index (χ4v) is 3.58. The summed E-state index contributed by atoms with van der Waals surface area (Å²) in [4.78, 5) is 0. The monoisotopic (exact) mass is 363 g/mol. The SMILES string of the molecule is COC1OC(C)C(O)C(O)[CH]1[Hg]. The molecular formula is C7H13HgO4. The molecule has 5 heteroatoms. The second-order valence-electron chi connectivity index (χ2n) is 3.09. The van der Waals surface area contributed by atoms with Crippen LogP contribution in [0.15, 0.2) is 0 Å². The van der Waals surface area contributed by atoms with Gasteiger partial charge in [-0.05, 0) is 0 Å². The zero-order chi connectivity index (χ0) is 9.30. The number of ether oxygens (including phenoxy) is 2. The van der Waals surface area contributed by atoms with E-state index in [4.69, 9.17) is 9.47 Å². The average Bonchev–Trinajstić information content (AvgIpc) is 2.08. The van der Waals surface area contributed by atoms with Crippen LogP contribution in [0.5, 0.6) is 0 Å². The molecule has 0 aliphatic carbocycles. The van der Waals surface area contributed by atoms with Gasteiger partial charge in [0.05, 0.1) is 0 Å². The molecular weight excluding hydrogens is 349 g/mol. The van der Waals surface area contributed by atoms with Crippen molar-refractivity contribution in [2.75, 3.05) is 7.11 Å². The van der Waals surface area contributed by atoms with Crippen LogP contribution in [0.1, 0.15) is 6.92 Å². The Balaban J connectivity index is 2.63. The number of aliphatic hydroxyl groups is 2. The Labute approximate surface area is 87.8 Å². The third-order valence-corrected chi connectivity index (χ3v) is 5.57. The van der Waals surface area contributed by atoms with Crippen molar-refractivity contribution in [3.63, 3.8) is 0 Å². The van der Waals surface area contributed by atoms with Crippen molar-refractivity contribution in [1.29, 1.82) is 0 Å². The van der Waals surface area contributed by atoms with Gasteiger partial charge in [-0.3, -0.25) is 0 Å². The molecule has 0 aromatic rings. The van der Waals surface area contributed by atoms with Gasteiger partial charge in [0.2, 0.25) is 0 Å². The molecule has 5 unspecified atom stereocenters. The normalized spacial score (nSPS) is 49.3. The van der Waals surface area contributed by atoms with Crippen LogP contribution in [-0.4, -0.2) is 41.9 Å². The van der Waals surface area contributed by atoms with Gasteiger partial charge in [0.25, 0.3) is 0 Å². The molecule has 1 aliphatic rings. The Morgan fingerprint density at radius 2 is 1.92 bits per heavy atom. The Hall–Kier alpha value is 0.775. The standard InChI is InChI=1S/C7H13O4.Hg/c1-4-7(9)5(8)3-6(10-2)11-4;/h3-9H,1-2H3;. The predicted octanol–water partition coefficient (Wildman–Crippen LogP) is -0.565. The van der Waals surface area contributed by atoms with E-state index in [0.717, 1.165) is 0 Å². The summed E-state index contributed by atoms with van der Waals surface area (Å²) in [5, 5.41) is 19.0. The number of hydrogen-bond acceptors (Lipinski definition) is 4. The summed E-state index contributed by atoms with van der Waals surface area (Å²) in [5.74, 6) is 0. The molecule has 0 aromatic heterocycles. The van der Waals surface area contributed by atoms with Gasteiger partial charge < -0.3 is 0 Å². The van der Waals surface area contributed by atoms with Crippen LogP contribution in [-0.2, 0) is 35.6 Å². The van der Waals surface area contributed by atoms with Crippen molar-refractivity contribution >= 4 is 0 Å². The average molecular weight is 362 g/mol. The molecule has 0 radical (unpaired) electrons. The summed E-state index contributed by atoms with van der Waals surface area (Å²) in [6, 6.07) is 0. The molecule has 0 saturated carbocycles. The number of methoxy groups -OCH3 is 1. The minimum absolute atomic E-state index is 0.00111. The third kappa shape index (κ3) is 1.98. The minimum atomic E-state index is -0.765. The molecule has 5 atom stereocenters. The molecule has 67 valence electrons. The van der Waals surface area contributed by atoms with Gasteiger partial charge in [-0.25, -0.2) is 0 Å². The van der Waals surface area contributed by atoms with Gasteiger partial charge in [-0.15, -0.1) is 0 Å². The van der Waals surface area contributed by atoms with E-state index >= 15 is 0 Å². The van der Waals surface area contributed by atoms with Crippen molar-refractivity contribution in [3.8, 4) is 0 Å². The van der Waals surface area contributed by atoms with Gasteiger partial charge in [0.1, 0.15) is 0 Å². The molecule has 4 nitrogen and oxygen atoms in total. The zero-order valence-corrected chi connectivity index (χ0v) is 12.8. The van der Waals surface area contributed by atoms with Crippen molar-refractivity contribution in [1.82, 2.24) is 0 Å². The number of rotatable bonds is 1. The van der Waals surface area contributed by atoms with E-state index in [0.29, 0.717) is 26.1 Å². The maximum absolute atomic E-state index is 9.56. The Morgan fingerprint density at radius 1 is 1.33 bits per heavy atom. The van der Waals surface area contributed by atoms with Crippen LogP contribution < -0.4 is 0 Å². The fourth-order valence-electron chi connectivity index (χ4n) is 1.32. The summed E-state index contributed by atoms with van der Waals surface area (Å²) < 4.78 is 10.4. The van der Waals surface area contributed by atoms with E-state index in [1.54, 1.807) is 14.0 Å². The second-order valence-corrected chi connectivity index (χ2v) is 6.76. The molecule has 1 rings (SSSR count). The number of hydrogen-bond donors (Lipinski definition) is 2. The van der Waals surface area contributed by atoms with E-state index in [1.165, 1.54) is 0 Å². The van der Waals surface area contributed by atoms with Crippen LogP contribution >= 0.6 is 0 Å². The van der Waals surface area contributed by atoms with E-state index < -0.39 is 12.2 Å². The number of aliphatic hydroxyl groups excluding tert-OH is 2. The summed E-state index contributed by atoms with van der Waals surface area (Å²) in [5.41, 5.74) is 0. The molecule has 1 heterocycles. The second kappa shape index (κ2) is 4.33. The summed E-state index contributed by atoms with van der Waals surface area (Å²) in [6.45, 7) is 1.74. The molecule has 0 aromatic carbocycles.